The summed E-state index contributed by atoms with van der Waals surface area (Å²) in [5.41, 5.74) is 1.99. The Morgan fingerprint density at radius 2 is 1.17 bits per heavy atom. The van der Waals surface area contributed by atoms with E-state index in [4.69, 9.17) is 14.2 Å². The van der Waals surface area contributed by atoms with Crippen molar-refractivity contribution in [2.24, 2.45) is 33.9 Å². The van der Waals surface area contributed by atoms with E-state index in [0.717, 1.165) is 69.8 Å². The Morgan fingerprint density at radius 1 is 0.646 bits per heavy atom. The van der Waals surface area contributed by atoms with Gasteiger partial charge >= 0.3 is 11.9 Å². The second-order valence-electron chi connectivity index (χ2n) is 14.5. The molecule has 0 saturated heterocycles. The van der Waals surface area contributed by atoms with Gasteiger partial charge < -0.3 is 14.2 Å². The lowest BCUT2D eigenvalue weighted by atomic mass is 9.83. The van der Waals surface area contributed by atoms with Crippen molar-refractivity contribution in [2.75, 3.05) is 6.61 Å². The Kier molecular flexibility index (Phi) is 15.9. The Balaban J connectivity index is 1.36. The van der Waals surface area contributed by atoms with Gasteiger partial charge in [0, 0.05) is 5.56 Å². The Bertz CT molecular complexity index is 1290. The third-order valence-electron chi connectivity index (χ3n) is 10.3. The van der Waals surface area contributed by atoms with Crippen LogP contribution in [0, 0.1) is 30.6 Å². The molecule has 2 aromatic carbocycles. The summed E-state index contributed by atoms with van der Waals surface area (Å²) < 4.78 is 17.9. The number of ether oxygens (including phenoxy) is 3. The number of carbonyl (C=O) groups is 2. The van der Waals surface area contributed by atoms with Crippen molar-refractivity contribution >= 4 is 23.3 Å². The van der Waals surface area contributed by atoms with Crippen LogP contribution in [-0.4, -0.2) is 18.5 Å². The highest BCUT2D eigenvalue weighted by Gasteiger charge is 2.28. The van der Waals surface area contributed by atoms with Gasteiger partial charge in [0.25, 0.3) is 0 Å². The summed E-state index contributed by atoms with van der Waals surface area (Å²) in [5, 5.41) is 9.02. The van der Waals surface area contributed by atoms with Gasteiger partial charge in [-0.05, 0) is 113 Å². The first kappa shape index (κ1) is 37.6. The lowest BCUT2D eigenvalue weighted by Gasteiger charge is -2.25. The molecule has 2 saturated carbocycles. The summed E-state index contributed by atoms with van der Waals surface area (Å²) in [5.74, 6) is 2.63. The monoisotopic (exact) mass is 660 g/mol. The largest absolute Gasteiger partial charge is 0.491 e. The lowest BCUT2D eigenvalue weighted by molar-refractivity contribution is -0.141. The van der Waals surface area contributed by atoms with Crippen molar-refractivity contribution in [1.29, 1.82) is 0 Å². The van der Waals surface area contributed by atoms with Crippen LogP contribution in [0.4, 0.5) is 11.4 Å². The van der Waals surface area contributed by atoms with E-state index in [2.05, 4.69) is 31.0 Å². The fourth-order valence-electron chi connectivity index (χ4n) is 6.87. The zero-order valence-electron chi connectivity index (χ0n) is 30.1. The molecular formula is C41H60N2O5. The molecular weight excluding hydrogens is 600 g/mol. The number of hydrogen-bond acceptors (Lipinski definition) is 7. The molecule has 0 unspecified atom stereocenters. The smallest absolute Gasteiger partial charge is 0.314 e. The highest BCUT2D eigenvalue weighted by atomic mass is 16.5. The van der Waals surface area contributed by atoms with Crippen LogP contribution in [0.3, 0.4) is 0 Å². The summed E-state index contributed by atoms with van der Waals surface area (Å²) in [4.78, 5) is 25.7. The summed E-state index contributed by atoms with van der Waals surface area (Å²) >= 11 is 0. The molecule has 2 aromatic rings. The van der Waals surface area contributed by atoms with Crippen LogP contribution in [0.2, 0.25) is 0 Å². The number of nitrogens with zero attached hydrogens (tertiary/aromatic N) is 2. The minimum Gasteiger partial charge on any atom is -0.491 e. The third kappa shape index (κ3) is 12.3. The predicted octanol–water partition coefficient (Wildman–Crippen LogP) is 12.2. The highest BCUT2D eigenvalue weighted by molar-refractivity contribution is 5.77. The standard InChI is InChI=1S/C41H60N2O5/c1-5-6-7-8-9-10-11-12-13-14-29-46-39-32(4)38(48-41(45)34-21-17-31(3)18-22-34)28-27-37(39)43-42-35-23-25-36(26-24-35)47-40(44)33-19-15-30(2)16-20-33/h23-28,30-31,33-34H,5-22,29H2,1-4H3. The summed E-state index contributed by atoms with van der Waals surface area (Å²) in [6.07, 6.45) is 20.4. The number of benzene rings is 2. The zero-order valence-corrected chi connectivity index (χ0v) is 30.1. The molecule has 264 valence electrons. The molecule has 2 aliphatic rings. The van der Waals surface area contributed by atoms with E-state index in [1.807, 2.05) is 13.0 Å². The molecule has 48 heavy (non-hydrogen) atoms. The van der Waals surface area contributed by atoms with Crippen LogP contribution in [0.5, 0.6) is 17.2 Å². The second-order valence-corrected chi connectivity index (χ2v) is 14.5. The second kappa shape index (κ2) is 20.3. The molecule has 0 aromatic heterocycles. The van der Waals surface area contributed by atoms with Crippen LogP contribution >= 0.6 is 0 Å². The van der Waals surface area contributed by atoms with Crippen LogP contribution in [-0.2, 0) is 9.59 Å². The van der Waals surface area contributed by atoms with Gasteiger partial charge in [0.15, 0.2) is 5.75 Å². The molecule has 0 N–H and O–H groups in total. The third-order valence-corrected chi connectivity index (χ3v) is 10.3. The van der Waals surface area contributed by atoms with Crippen molar-refractivity contribution in [3.05, 3.63) is 42.0 Å². The number of unbranched alkanes of at least 4 members (excludes halogenated alkanes) is 9. The van der Waals surface area contributed by atoms with Crippen LogP contribution in [0.25, 0.3) is 0 Å². The van der Waals surface area contributed by atoms with Crippen LogP contribution in [0.15, 0.2) is 46.6 Å². The number of rotatable bonds is 18. The van der Waals surface area contributed by atoms with Crippen molar-refractivity contribution in [3.8, 4) is 17.2 Å². The molecule has 0 atom stereocenters. The Hall–Kier alpha value is -3.22. The molecule has 7 heteroatoms. The van der Waals surface area contributed by atoms with Crippen molar-refractivity contribution in [1.82, 2.24) is 0 Å². The predicted molar refractivity (Wildman–Crippen MR) is 193 cm³/mol. The van der Waals surface area contributed by atoms with Crippen LogP contribution < -0.4 is 14.2 Å². The first-order chi connectivity index (χ1) is 23.3. The number of hydrogen-bond donors (Lipinski definition) is 0. The van der Waals surface area contributed by atoms with Gasteiger partial charge in [0.1, 0.15) is 17.2 Å². The Labute approximate surface area is 289 Å². The summed E-state index contributed by atoms with van der Waals surface area (Å²) in [7, 11) is 0. The SMILES string of the molecule is CCCCCCCCCCCCOc1c(N=Nc2ccc(OC(=O)C3CCC(C)CC3)cc2)ccc(OC(=O)C2CCC(C)CC2)c1C. The van der Waals surface area contributed by atoms with Gasteiger partial charge in [-0.25, -0.2) is 0 Å². The fraction of sp³-hybridized carbons (Fsp3) is 0.659. The number of carbonyl (C=O) groups excluding carboxylic acids is 2. The van der Waals surface area contributed by atoms with Gasteiger partial charge in [-0.2, -0.15) is 5.11 Å². The molecule has 0 bridgehead atoms. The summed E-state index contributed by atoms with van der Waals surface area (Å²) in [6.45, 7) is 9.24. The van der Waals surface area contributed by atoms with E-state index in [0.29, 0.717) is 47.1 Å². The molecule has 2 fully saturated rings. The summed E-state index contributed by atoms with van der Waals surface area (Å²) in [6, 6.07) is 10.7. The minimum absolute atomic E-state index is 0.0175. The van der Waals surface area contributed by atoms with Gasteiger partial charge in [-0.1, -0.05) is 78.6 Å². The van der Waals surface area contributed by atoms with E-state index in [1.165, 1.54) is 51.4 Å². The average Bonchev–Trinajstić information content (AvgIpc) is 3.09. The van der Waals surface area contributed by atoms with E-state index in [-0.39, 0.29) is 23.8 Å². The first-order valence-corrected chi connectivity index (χ1v) is 19.1. The first-order valence-electron chi connectivity index (χ1n) is 19.1. The van der Waals surface area contributed by atoms with Gasteiger partial charge in [0.05, 0.1) is 24.1 Å². The van der Waals surface area contributed by atoms with E-state index < -0.39 is 0 Å². The van der Waals surface area contributed by atoms with E-state index in [9.17, 15) is 9.59 Å². The molecule has 4 rings (SSSR count). The number of azo groups is 1. The maximum atomic E-state index is 13.1. The van der Waals surface area contributed by atoms with E-state index in [1.54, 1.807) is 30.3 Å². The average molecular weight is 661 g/mol. The van der Waals surface area contributed by atoms with Gasteiger partial charge in [0.2, 0.25) is 0 Å². The van der Waals surface area contributed by atoms with Crippen LogP contribution in [0.1, 0.15) is 142 Å². The molecule has 7 nitrogen and oxygen atoms in total. The molecule has 0 radical (unpaired) electrons. The lowest BCUT2D eigenvalue weighted by Crippen LogP contribution is -2.25. The highest BCUT2D eigenvalue weighted by Crippen LogP contribution is 2.39. The van der Waals surface area contributed by atoms with Crippen molar-refractivity contribution in [2.45, 2.75) is 143 Å². The number of esters is 2. The van der Waals surface area contributed by atoms with Gasteiger partial charge in [-0.3, -0.25) is 9.59 Å². The minimum atomic E-state index is -0.154. The maximum absolute atomic E-state index is 13.1. The maximum Gasteiger partial charge on any atom is 0.314 e. The van der Waals surface area contributed by atoms with Gasteiger partial charge in [-0.15, -0.1) is 5.11 Å². The Morgan fingerprint density at radius 3 is 1.73 bits per heavy atom. The molecule has 0 spiro atoms. The van der Waals surface area contributed by atoms with E-state index >= 15 is 0 Å². The normalized spacial score (nSPS) is 21.2. The molecule has 0 amide bonds. The zero-order chi connectivity index (χ0) is 34.1. The fourth-order valence-corrected chi connectivity index (χ4v) is 6.87. The topological polar surface area (TPSA) is 86.6 Å². The molecule has 0 heterocycles. The quantitative estimate of drug-likeness (QED) is 0.0687. The molecule has 2 aliphatic carbocycles. The van der Waals surface area contributed by atoms with Crippen molar-refractivity contribution in [3.63, 3.8) is 0 Å². The molecule has 0 aliphatic heterocycles. The van der Waals surface area contributed by atoms with Crippen molar-refractivity contribution < 1.29 is 23.8 Å².